The SMILES string of the molecule is N#CC(NC(=O)CCc1cscn1)c1ccc(Cl)c(Cl)c1. The number of halogens is 2. The van der Waals surface area contributed by atoms with E-state index in [9.17, 15) is 10.1 Å². The molecule has 2 aromatic rings. The van der Waals surface area contributed by atoms with Crippen molar-refractivity contribution in [3.8, 4) is 6.07 Å². The van der Waals surface area contributed by atoms with Crippen LogP contribution in [0.25, 0.3) is 0 Å². The van der Waals surface area contributed by atoms with Gasteiger partial charge in [0.2, 0.25) is 5.91 Å². The largest absolute Gasteiger partial charge is 0.337 e. The number of thiazole rings is 1. The average molecular weight is 340 g/mol. The summed E-state index contributed by atoms with van der Waals surface area (Å²) in [6.07, 6.45) is 0.831. The molecular weight excluding hydrogens is 329 g/mol. The number of amides is 1. The van der Waals surface area contributed by atoms with Gasteiger partial charge in [0.25, 0.3) is 0 Å². The molecule has 1 N–H and O–H groups in total. The summed E-state index contributed by atoms with van der Waals surface area (Å²) in [6.45, 7) is 0. The van der Waals surface area contributed by atoms with Crippen LogP contribution < -0.4 is 5.32 Å². The van der Waals surface area contributed by atoms with Crippen LogP contribution in [0.1, 0.15) is 23.7 Å². The van der Waals surface area contributed by atoms with Crippen molar-refractivity contribution in [2.24, 2.45) is 0 Å². The summed E-state index contributed by atoms with van der Waals surface area (Å²) in [7, 11) is 0. The molecule has 1 aromatic carbocycles. The lowest BCUT2D eigenvalue weighted by Gasteiger charge is -2.12. The maximum absolute atomic E-state index is 11.9. The Kier molecular flexibility index (Phi) is 5.57. The standard InChI is InChI=1S/C14H11Cl2N3OS/c15-11-3-1-9(5-12(11)16)13(6-17)19-14(20)4-2-10-7-21-8-18-10/h1,3,5,7-8,13H,2,4H2,(H,19,20). The Morgan fingerprint density at radius 3 is 2.86 bits per heavy atom. The van der Waals surface area contributed by atoms with Crippen molar-refractivity contribution in [2.75, 3.05) is 0 Å². The van der Waals surface area contributed by atoms with Crippen LogP contribution in [0, 0.1) is 11.3 Å². The lowest BCUT2D eigenvalue weighted by atomic mass is 10.1. The van der Waals surface area contributed by atoms with Crippen LogP contribution in [-0.4, -0.2) is 10.9 Å². The number of rotatable bonds is 5. The molecular formula is C14H11Cl2N3OS. The van der Waals surface area contributed by atoms with Crippen molar-refractivity contribution in [1.82, 2.24) is 10.3 Å². The molecule has 1 heterocycles. The molecule has 0 fully saturated rings. The zero-order chi connectivity index (χ0) is 15.2. The van der Waals surface area contributed by atoms with E-state index in [4.69, 9.17) is 23.2 Å². The van der Waals surface area contributed by atoms with Gasteiger partial charge in [0.15, 0.2) is 0 Å². The topological polar surface area (TPSA) is 65.8 Å². The first-order chi connectivity index (χ1) is 10.1. The van der Waals surface area contributed by atoms with Gasteiger partial charge in [-0.1, -0.05) is 29.3 Å². The number of hydrogen-bond acceptors (Lipinski definition) is 4. The summed E-state index contributed by atoms with van der Waals surface area (Å²) in [5.41, 5.74) is 3.20. The van der Waals surface area contributed by atoms with Crippen LogP contribution in [0.15, 0.2) is 29.1 Å². The summed E-state index contributed by atoms with van der Waals surface area (Å²) >= 11 is 13.2. The Labute approximate surface area is 136 Å². The van der Waals surface area contributed by atoms with Gasteiger partial charge in [0.1, 0.15) is 6.04 Å². The number of aromatic nitrogens is 1. The number of nitriles is 1. The molecule has 0 radical (unpaired) electrons. The van der Waals surface area contributed by atoms with Crippen molar-refractivity contribution in [2.45, 2.75) is 18.9 Å². The van der Waals surface area contributed by atoms with Crippen LogP contribution in [0.4, 0.5) is 0 Å². The molecule has 0 spiro atoms. The van der Waals surface area contributed by atoms with Crippen molar-refractivity contribution in [3.63, 3.8) is 0 Å². The Morgan fingerprint density at radius 1 is 1.43 bits per heavy atom. The van der Waals surface area contributed by atoms with Crippen molar-refractivity contribution < 1.29 is 4.79 Å². The van der Waals surface area contributed by atoms with E-state index in [1.807, 2.05) is 11.4 Å². The van der Waals surface area contributed by atoms with Crippen molar-refractivity contribution in [1.29, 1.82) is 5.26 Å². The monoisotopic (exact) mass is 339 g/mol. The van der Waals surface area contributed by atoms with Gasteiger partial charge in [-0.2, -0.15) is 5.26 Å². The third kappa shape index (κ3) is 4.43. The molecule has 1 aromatic heterocycles. The molecule has 0 bridgehead atoms. The van der Waals surface area contributed by atoms with E-state index in [-0.39, 0.29) is 12.3 Å². The molecule has 1 amide bonds. The molecule has 0 saturated heterocycles. The van der Waals surface area contributed by atoms with Crippen LogP contribution >= 0.6 is 34.5 Å². The van der Waals surface area contributed by atoms with E-state index in [2.05, 4.69) is 10.3 Å². The van der Waals surface area contributed by atoms with Gasteiger partial charge < -0.3 is 5.32 Å². The normalized spacial score (nSPS) is 11.7. The van der Waals surface area contributed by atoms with Crippen LogP contribution in [-0.2, 0) is 11.2 Å². The summed E-state index contributed by atoms with van der Waals surface area (Å²) in [4.78, 5) is 16.0. The molecule has 0 aliphatic rings. The number of carbonyl (C=O) groups excluding carboxylic acids is 1. The molecule has 1 unspecified atom stereocenters. The fourth-order valence-corrected chi connectivity index (χ4v) is 2.62. The molecule has 108 valence electrons. The molecule has 0 saturated carbocycles. The van der Waals surface area contributed by atoms with Crippen LogP contribution in [0.2, 0.25) is 10.0 Å². The number of nitrogens with one attached hydrogen (secondary N) is 1. The smallest absolute Gasteiger partial charge is 0.221 e. The highest BCUT2D eigenvalue weighted by Crippen LogP contribution is 2.25. The lowest BCUT2D eigenvalue weighted by Crippen LogP contribution is -2.27. The summed E-state index contributed by atoms with van der Waals surface area (Å²) in [6, 6.07) is 6.15. The lowest BCUT2D eigenvalue weighted by molar-refractivity contribution is -0.121. The zero-order valence-electron chi connectivity index (χ0n) is 10.8. The maximum Gasteiger partial charge on any atom is 0.221 e. The minimum atomic E-state index is -0.747. The second kappa shape index (κ2) is 7.41. The van der Waals surface area contributed by atoms with E-state index in [1.165, 1.54) is 11.3 Å². The first-order valence-electron chi connectivity index (χ1n) is 6.11. The fraction of sp³-hybridized carbons (Fsp3) is 0.214. The van der Waals surface area contributed by atoms with E-state index in [0.29, 0.717) is 22.0 Å². The van der Waals surface area contributed by atoms with Crippen molar-refractivity contribution >= 4 is 40.4 Å². The predicted octanol–water partition coefficient (Wildman–Crippen LogP) is 3.76. The van der Waals surface area contributed by atoms with E-state index in [0.717, 1.165) is 5.69 Å². The summed E-state index contributed by atoms with van der Waals surface area (Å²) in [5, 5.41) is 14.5. The van der Waals surface area contributed by atoms with E-state index >= 15 is 0 Å². The number of benzene rings is 1. The maximum atomic E-state index is 11.9. The Hall–Kier alpha value is -1.61. The number of hydrogen-bond donors (Lipinski definition) is 1. The van der Waals surface area contributed by atoms with Crippen LogP contribution in [0.5, 0.6) is 0 Å². The molecule has 0 aliphatic heterocycles. The summed E-state index contributed by atoms with van der Waals surface area (Å²) < 4.78 is 0. The van der Waals surface area contributed by atoms with Gasteiger partial charge in [-0.25, -0.2) is 4.98 Å². The Bertz CT molecular complexity index is 667. The quantitative estimate of drug-likeness (QED) is 0.901. The second-order valence-corrected chi connectivity index (χ2v) is 5.82. The minimum Gasteiger partial charge on any atom is -0.337 e. The number of aryl methyl sites for hydroxylation is 1. The molecule has 21 heavy (non-hydrogen) atoms. The molecule has 7 heteroatoms. The Balaban J connectivity index is 1.96. The first kappa shape index (κ1) is 15.8. The van der Waals surface area contributed by atoms with Gasteiger partial charge >= 0.3 is 0 Å². The number of nitrogens with zero attached hydrogens (tertiary/aromatic N) is 2. The van der Waals surface area contributed by atoms with Gasteiger partial charge in [-0.3, -0.25) is 4.79 Å². The molecule has 1 atom stereocenters. The van der Waals surface area contributed by atoms with Gasteiger partial charge in [0, 0.05) is 11.8 Å². The highest BCUT2D eigenvalue weighted by Gasteiger charge is 2.15. The van der Waals surface area contributed by atoms with Crippen molar-refractivity contribution in [3.05, 3.63) is 50.4 Å². The van der Waals surface area contributed by atoms with Gasteiger partial charge in [-0.05, 0) is 24.1 Å². The first-order valence-corrected chi connectivity index (χ1v) is 7.81. The average Bonchev–Trinajstić information content (AvgIpc) is 2.99. The molecule has 0 aliphatic carbocycles. The van der Waals surface area contributed by atoms with E-state index < -0.39 is 6.04 Å². The van der Waals surface area contributed by atoms with Crippen LogP contribution in [0.3, 0.4) is 0 Å². The predicted molar refractivity (Wildman–Crippen MR) is 83.4 cm³/mol. The molecule has 4 nitrogen and oxygen atoms in total. The third-order valence-corrected chi connectivity index (χ3v) is 4.18. The Morgan fingerprint density at radius 2 is 2.24 bits per heavy atom. The van der Waals surface area contributed by atoms with Gasteiger partial charge in [0.05, 0.1) is 27.3 Å². The minimum absolute atomic E-state index is 0.208. The van der Waals surface area contributed by atoms with E-state index in [1.54, 1.807) is 23.7 Å². The fourth-order valence-electron chi connectivity index (χ4n) is 1.72. The number of carbonyl (C=O) groups is 1. The highest BCUT2D eigenvalue weighted by atomic mass is 35.5. The third-order valence-electron chi connectivity index (χ3n) is 2.80. The summed E-state index contributed by atoms with van der Waals surface area (Å²) in [5.74, 6) is -0.208. The van der Waals surface area contributed by atoms with Gasteiger partial charge in [-0.15, -0.1) is 11.3 Å². The zero-order valence-corrected chi connectivity index (χ0v) is 13.2. The molecule has 2 rings (SSSR count). The highest BCUT2D eigenvalue weighted by molar-refractivity contribution is 7.07. The second-order valence-electron chi connectivity index (χ2n) is 4.28.